The maximum Gasteiger partial charge on any atom is 0.187 e. The van der Waals surface area contributed by atoms with E-state index in [2.05, 4.69) is 15.2 Å². The molecule has 5 heteroatoms. The zero-order valence-corrected chi connectivity index (χ0v) is 9.83. The predicted molar refractivity (Wildman–Crippen MR) is 62.3 cm³/mol. The SMILES string of the molecule is CCCc1nc(-c2c(F)cccc2OC)n[nH]1. The van der Waals surface area contributed by atoms with Crippen molar-refractivity contribution in [3.05, 3.63) is 29.8 Å². The minimum absolute atomic E-state index is 0.300. The zero-order chi connectivity index (χ0) is 12.3. The molecule has 0 saturated carbocycles. The lowest BCUT2D eigenvalue weighted by Crippen LogP contribution is -1.93. The van der Waals surface area contributed by atoms with Crippen molar-refractivity contribution in [2.75, 3.05) is 7.11 Å². The van der Waals surface area contributed by atoms with Gasteiger partial charge in [-0.15, -0.1) is 0 Å². The molecule has 0 amide bonds. The topological polar surface area (TPSA) is 50.8 Å². The number of aromatic nitrogens is 3. The fraction of sp³-hybridized carbons (Fsp3) is 0.333. The van der Waals surface area contributed by atoms with Gasteiger partial charge in [0.1, 0.15) is 17.4 Å². The highest BCUT2D eigenvalue weighted by atomic mass is 19.1. The fourth-order valence-electron chi connectivity index (χ4n) is 1.65. The molecule has 0 radical (unpaired) electrons. The molecule has 1 heterocycles. The minimum Gasteiger partial charge on any atom is -0.496 e. The fourth-order valence-corrected chi connectivity index (χ4v) is 1.65. The molecule has 2 rings (SSSR count). The Kier molecular flexibility index (Phi) is 3.37. The van der Waals surface area contributed by atoms with Gasteiger partial charge in [0, 0.05) is 6.42 Å². The van der Waals surface area contributed by atoms with Crippen LogP contribution in [0.25, 0.3) is 11.4 Å². The highest BCUT2D eigenvalue weighted by molar-refractivity contribution is 5.64. The molecule has 2 aromatic rings. The van der Waals surface area contributed by atoms with Gasteiger partial charge >= 0.3 is 0 Å². The summed E-state index contributed by atoms with van der Waals surface area (Å²) in [5, 5.41) is 6.82. The monoisotopic (exact) mass is 235 g/mol. The van der Waals surface area contributed by atoms with E-state index in [9.17, 15) is 4.39 Å². The van der Waals surface area contributed by atoms with Gasteiger partial charge in [0.2, 0.25) is 0 Å². The van der Waals surface area contributed by atoms with E-state index in [0.717, 1.165) is 18.7 Å². The summed E-state index contributed by atoms with van der Waals surface area (Å²) in [5.41, 5.74) is 0.300. The van der Waals surface area contributed by atoms with Gasteiger partial charge in [-0.3, -0.25) is 5.10 Å². The van der Waals surface area contributed by atoms with Gasteiger partial charge in [-0.2, -0.15) is 5.10 Å². The first-order chi connectivity index (χ1) is 8.26. The van der Waals surface area contributed by atoms with Crippen LogP contribution in [-0.4, -0.2) is 22.3 Å². The maximum absolute atomic E-state index is 13.7. The first kappa shape index (κ1) is 11.6. The molecule has 0 spiro atoms. The Morgan fingerprint density at radius 2 is 2.24 bits per heavy atom. The van der Waals surface area contributed by atoms with Gasteiger partial charge in [-0.1, -0.05) is 13.0 Å². The van der Waals surface area contributed by atoms with Crippen LogP contribution in [0.3, 0.4) is 0 Å². The molecule has 1 aromatic carbocycles. The molecule has 0 atom stereocenters. The normalized spacial score (nSPS) is 10.5. The van der Waals surface area contributed by atoms with Crippen LogP contribution < -0.4 is 4.74 Å². The van der Waals surface area contributed by atoms with Crippen molar-refractivity contribution in [1.82, 2.24) is 15.2 Å². The highest BCUT2D eigenvalue weighted by Gasteiger charge is 2.15. The average Bonchev–Trinajstić information content (AvgIpc) is 2.77. The number of nitrogens with zero attached hydrogens (tertiary/aromatic N) is 2. The van der Waals surface area contributed by atoms with Gasteiger partial charge in [-0.25, -0.2) is 9.37 Å². The molecule has 0 aliphatic heterocycles. The Bertz CT molecular complexity index is 510. The molecule has 1 aromatic heterocycles. The van der Waals surface area contributed by atoms with Crippen LogP contribution >= 0.6 is 0 Å². The van der Waals surface area contributed by atoms with Crippen LogP contribution in [0.1, 0.15) is 19.2 Å². The number of aromatic amines is 1. The Morgan fingerprint density at radius 1 is 1.41 bits per heavy atom. The summed E-state index contributed by atoms with van der Waals surface area (Å²) < 4.78 is 18.9. The summed E-state index contributed by atoms with van der Waals surface area (Å²) in [6, 6.07) is 4.65. The molecular formula is C12H14FN3O. The molecule has 0 bridgehead atoms. The Balaban J connectivity index is 2.44. The second kappa shape index (κ2) is 4.95. The zero-order valence-electron chi connectivity index (χ0n) is 9.83. The lowest BCUT2D eigenvalue weighted by molar-refractivity contribution is 0.413. The molecule has 0 aliphatic carbocycles. The molecular weight excluding hydrogens is 221 g/mol. The van der Waals surface area contributed by atoms with Crippen LogP contribution in [0.2, 0.25) is 0 Å². The van der Waals surface area contributed by atoms with Crippen LogP contribution in [0.5, 0.6) is 5.75 Å². The summed E-state index contributed by atoms with van der Waals surface area (Å²) in [5.74, 6) is 1.15. The van der Waals surface area contributed by atoms with E-state index in [1.165, 1.54) is 13.2 Å². The molecule has 0 saturated heterocycles. The van der Waals surface area contributed by atoms with Gasteiger partial charge in [0.15, 0.2) is 5.82 Å². The molecule has 0 fully saturated rings. The number of benzene rings is 1. The number of hydrogen-bond acceptors (Lipinski definition) is 3. The minimum atomic E-state index is -0.383. The number of methoxy groups -OCH3 is 1. The van der Waals surface area contributed by atoms with E-state index in [0.29, 0.717) is 17.1 Å². The Morgan fingerprint density at radius 3 is 2.94 bits per heavy atom. The molecule has 1 N–H and O–H groups in total. The van der Waals surface area contributed by atoms with E-state index in [1.807, 2.05) is 6.92 Å². The number of aryl methyl sites for hydroxylation is 1. The van der Waals surface area contributed by atoms with Crippen molar-refractivity contribution in [3.8, 4) is 17.1 Å². The summed E-state index contributed by atoms with van der Waals surface area (Å²) in [6.45, 7) is 2.05. The first-order valence-electron chi connectivity index (χ1n) is 5.50. The number of H-pyrrole nitrogens is 1. The number of ether oxygens (including phenoxy) is 1. The van der Waals surface area contributed by atoms with E-state index in [-0.39, 0.29) is 5.82 Å². The quantitative estimate of drug-likeness (QED) is 0.886. The van der Waals surface area contributed by atoms with Crippen LogP contribution in [0.15, 0.2) is 18.2 Å². The van der Waals surface area contributed by atoms with E-state index in [4.69, 9.17) is 4.74 Å². The van der Waals surface area contributed by atoms with Crippen molar-refractivity contribution in [3.63, 3.8) is 0 Å². The van der Waals surface area contributed by atoms with Crippen molar-refractivity contribution >= 4 is 0 Å². The molecule has 0 aliphatic rings. The molecule has 90 valence electrons. The molecule has 17 heavy (non-hydrogen) atoms. The number of rotatable bonds is 4. The second-order valence-electron chi connectivity index (χ2n) is 3.67. The van der Waals surface area contributed by atoms with Crippen LogP contribution in [0.4, 0.5) is 4.39 Å². The van der Waals surface area contributed by atoms with E-state index in [1.54, 1.807) is 12.1 Å². The third-order valence-electron chi connectivity index (χ3n) is 2.44. The van der Waals surface area contributed by atoms with E-state index < -0.39 is 0 Å². The third kappa shape index (κ3) is 2.27. The maximum atomic E-state index is 13.7. The van der Waals surface area contributed by atoms with Crippen LogP contribution in [-0.2, 0) is 6.42 Å². The second-order valence-corrected chi connectivity index (χ2v) is 3.67. The summed E-state index contributed by atoms with van der Waals surface area (Å²) in [7, 11) is 1.50. The van der Waals surface area contributed by atoms with Crippen molar-refractivity contribution in [2.24, 2.45) is 0 Å². The number of halogens is 1. The number of hydrogen-bond donors (Lipinski definition) is 1. The summed E-state index contributed by atoms with van der Waals surface area (Å²) in [6.07, 6.45) is 1.76. The average molecular weight is 235 g/mol. The highest BCUT2D eigenvalue weighted by Crippen LogP contribution is 2.29. The standard InChI is InChI=1S/C12H14FN3O/c1-3-5-10-14-12(16-15-10)11-8(13)6-4-7-9(11)17-2/h4,6-7H,3,5H2,1-2H3,(H,14,15,16). The van der Waals surface area contributed by atoms with Crippen molar-refractivity contribution in [2.45, 2.75) is 19.8 Å². The van der Waals surface area contributed by atoms with Gasteiger partial charge in [-0.05, 0) is 18.6 Å². The van der Waals surface area contributed by atoms with Gasteiger partial charge < -0.3 is 4.74 Å². The van der Waals surface area contributed by atoms with Gasteiger partial charge in [0.05, 0.1) is 12.7 Å². The number of nitrogens with one attached hydrogen (secondary N) is 1. The molecule has 0 unspecified atom stereocenters. The van der Waals surface area contributed by atoms with E-state index >= 15 is 0 Å². The van der Waals surface area contributed by atoms with Crippen molar-refractivity contribution in [1.29, 1.82) is 0 Å². The van der Waals surface area contributed by atoms with Crippen LogP contribution in [0, 0.1) is 5.82 Å². The Hall–Kier alpha value is -1.91. The lowest BCUT2D eigenvalue weighted by Gasteiger charge is -2.05. The smallest absolute Gasteiger partial charge is 0.187 e. The third-order valence-corrected chi connectivity index (χ3v) is 2.44. The largest absolute Gasteiger partial charge is 0.496 e. The van der Waals surface area contributed by atoms with Gasteiger partial charge in [0.25, 0.3) is 0 Å². The summed E-state index contributed by atoms with van der Waals surface area (Å²) >= 11 is 0. The first-order valence-corrected chi connectivity index (χ1v) is 5.50. The lowest BCUT2D eigenvalue weighted by atomic mass is 10.2. The summed E-state index contributed by atoms with van der Waals surface area (Å²) in [4.78, 5) is 4.25. The Labute approximate surface area is 98.8 Å². The van der Waals surface area contributed by atoms with Crippen molar-refractivity contribution < 1.29 is 9.13 Å². The molecule has 4 nitrogen and oxygen atoms in total. The predicted octanol–water partition coefficient (Wildman–Crippen LogP) is 2.57.